The van der Waals surface area contributed by atoms with Crippen molar-refractivity contribution in [3.05, 3.63) is 23.7 Å². The van der Waals surface area contributed by atoms with Crippen LogP contribution in [-0.2, 0) is 11.3 Å². The fraction of sp³-hybridized carbons (Fsp3) is 0.692. The maximum absolute atomic E-state index is 5.86. The van der Waals surface area contributed by atoms with Gasteiger partial charge in [-0.05, 0) is 40.0 Å². The zero-order valence-electron chi connectivity index (χ0n) is 11.3. The molecule has 0 aromatic carbocycles. The number of hydrogen-bond acceptors (Lipinski definition) is 4. The Hall–Kier alpha value is -0.840. The van der Waals surface area contributed by atoms with Gasteiger partial charge >= 0.3 is 0 Å². The summed E-state index contributed by atoms with van der Waals surface area (Å²) in [4.78, 5) is 2.18. The van der Waals surface area contributed by atoms with Gasteiger partial charge in [0.2, 0.25) is 0 Å². The molecule has 1 heterocycles. The van der Waals surface area contributed by atoms with Crippen molar-refractivity contribution in [2.75, 3.05) is 26.8 Å². The number of likely N-dealkylation sites (N-methyl/N-ethyl adjacent to an activating group) is 1. The first-order valence-corrected chi connectivity index (χ1v) is 6.06. The standard InChI is InChI=1S/C13H24N2O2/c1-5-16-10-13(3,9-14)15(4)8-12-7-6-11(2)17-12/h6-7H,5,8-10,14H2,1-4H3. The van der Waals surface area contributed by atoms with E-state index in [0.29, 0.717) is 19.8 Å². The molecule has 0 aliphatic heterocycles. The number of aryl methyl sites for hydroxylation is 1. The van der Waals surface area contributed by atoms with Gasteiger partial charge in [0.15, 0.2) is 0 Å². The smallest absolute Gasteiger partial charge is 0.118 e. The molecule has 1 aromatic heterocycles. The molecule has 0 bridgehead atoms. The van der Waals surface area contributed by atoms with Crippen molar-refractivity contribution in [3.8, 4) is 0 Å². The van der Waals surface area contributed by atoms with Crippen LogP contribution in [0.3, 0.4) is 0 Å². The lowest BCUT2D eigenvalue weighted by atomic mass is 10.0. The van der Waals surface area contributed by atoms with Crippen LogP contribution in [0.15, 0.2) is 16.5 Å². The first-order chi connectivity index (χ1) is 8.01. The highest BCUT2D eigenvalue weighted by Crippen LogP contribution is 2.17. The SMILES string of the molecule is CCOCC(C)(CN)N(C)Cc1ccc(C)o1. The summed E-state index contributed by atoms with van der Waals surface area (Å²) in [5.74, 6) is 1.90. The molecule has 2 N–H and O–H groups in total. The number of rotatable bonds is 7. The summed E-state index contributed by atoms with van der Waals surface area (Å²) in [5, 5.41) is 0. The molecule has 0 amide bonds. The number of ether oxygens (including phenoxy) is 1. The predicted octanol–water partition coefficient (Wildman–Crippen LogP) is 1.77. The molecule has 98 valence electrons. The Bertz CT molecular complexity index is 338. The molecule has 1 atom stereocenters. The minimum Gasteiger partial charge on any atom is -0.465 e. The molecule has 0 aliphatic carbocycles. The van der Waals surface area contributed by atoms with Gasteiger partial charge in [-0.1, -0.05) is 0 Å². The quantitative estimate of drug-likeness (QED) is 0.789. The van der Waals surface area contributed by atoms with E-state index in [1.54, 1.807) is 0 Å². The van der Waals surface area contributed by atoms with Crippen molar-refractivity contribution in [1.82, 2.24) is 4.90 Å². The molecule has 1 aromatic rings. The average molecular weight is 240 g/mol. The normalized spacial score (nSPS) is 15.2. The van der Waals surface area contributed by atoms with Crippen LogP contribution in [0.1, 0.15) is 25.4 Å². The van der Waals surface area contributed by atoms with Gasteiger partial charge in [0.05, 0.1) is 18.7 Å². The van der Waals surface area contributed by atoms with E-state index in [1.165, 1.54) is 0 Å². The number of hydrogen-bond donors (Lipinski definition) is 1. The molecule has 0 fully saturated rings. The summed E-state index contributed by atoms with van der Waals surface area (Å²) in [6.45, 7) is 8.70. The van der Waals surface area contributed by atoms with Crippen molar-refractivity contribution in [1.29, 1.82) is 0 Å². The molecule has 17 heavy (non-hydrogen) atoms. The minimum atomic E-state index is -0.156. The van der Waals surface area contributed by atoms with E-state index in [-0.39, 0.29) is 5.54 Å². The Labute approximate surface area is 104 Å². The maximum Gasteiger partial charge on any atom is 0.118 e. The van der Waals surface area contributed by atoms with Gasteiger partial charge in [0.1, 0.15) is 11.5 Å². The molecule has 0 spiro atoms. The molecular weight excluding hydrogens is 216 g/mol. The lowest BCUT2D eigenvalue weighted by Gasteiger charge is -2.37. The summed E-state index contributed by atoms with van der Waals surface area (Å²) in [5.41, 5.74) is 5.70. The summed E-state index contributed by atoms with van der Waals surface area (Å²) in [6.07, 6.45) is 0. The monoisotopic (exact) mass is 240 g/mol. The van der Waals surface area contributed by atoms with Crippen LogP contribution in [0.4, 0.5) is 0 Å². The third-order valence-electron chi connectivity index (χ3n) is 3.17. The first-order valence-electron chi connectivity index (χ1n) is 6.06. The van der Waals surface area contributed by atoms with Crippen molar-refractivity contribution >= 4 is 0 Å². The summed E-state index contributed by atoms with van der Waals surface area (Å²) in [7, 11) is 2.05. The third-order valence-corrected chi connectivity index (χ3v) is 3.17. The summed E-state index contributed by atoms with van der Waals surface area (Å²) in [6, 6.07) is 3.98. The van der Waals surface area contributed by atoms with Crippen LogP contribution in [0.2, 0.25) is 0 Å². The van der Waals surface area contributed by atoms with Gasteiger partial charge in [-0.3, -0.25) is 4.90 Å². The van der Waals surface area contributed by atoms with E-state index in [0.717, 1.165) is 18.1 Å². The van der Waals surface area contributed by atoms with Crippen molar-refractivity contribution in [2.45, 2.75) is 32.9 Å². The molecule has 0 saturated carbocycles. The second-order valence-corrected chi connectivity index (χ2v) is 4.71. The Morgan fingerprint density at radius 1 is 1.47 bits per heavy atom. The fourth-order valence-corrected chi connectivity index (χ4v) is 1.64. The highest BCUT2D eigenvalue weighted by atomic mass is 16.5. The highest BCUT2D eigenvalue weighted by molar-refractivity contribution is 5.06. The molecular formula is C13H24N2O2. The number of nitrogens with zero attached hydrogens (tertiary/aromatic N) is 1. The van der Waals surface area contributed by atoms with Gasteiger partial charge in [0.25, 0.3) is 0 Å². The third kappa shape index (κ3) is 3.84. The van der Waals surface area contributed by atoms with E-state index in [9.17, 15) is 0 Å². The van der Waals surface area contributed by atoms with E-state index < -0.39 is 0 Å². The second-order valence-electron chi connectivity index (χ2n) is 4.71. The molecule has 4 heteroatoms. The van der Waals surface area contributed by atoms with Crippen LogP contribution in [0.5, 0.6) is 0 Å². The van der Waals surface area contributed by atoms with Crippen LogP contribution < -0.4 is 5.73 Å². The summed E-state index contributed by atoms with van der Waals surface area (Å²) >= 11 is 0. The first kappa shape index (κ1) is 14.2. The Balaban J connectivity index is 2.62. The zero-order valence-corrected chi connectivity index (χ0v) is 11.3. The van der Waals surface area contributed by atoms with Crippen LogP contribution >= 0.6 is 0 Å². The highest BCUT2D eigenvalue weighted by Gasteiger charge is 2.28. The molecule has 0 aliphatic rings. The second kappa shape index (κ2) is 6.19. The van der Waals surface area contributed by atoms with Crippen LogP contribution in [0.25, 0.3) is 0 Å². The van der Waals surface area contributed by atoms with Gasteiger partial charge in [-0.15, -0.1) is 0 Å². The molecule has 1 rings (SSSR count). The van der Waals surface area contributed by atoms with E-state index in [2.05, 4.69) is 11.8 Å². The van der Waals surface area contributed by atoms with Gasteiger partial charge < -0.3 is 14.9 Å². The van der Waals surface area contributed by atoms with Crippen LogP contribution in [-0.4, -0.2) is 37.2 Å². The van der Waals surface area contributed by atoms with E-state index in [1.807, 2.05) is 33.0 Å². The van der Waals surface area contributed by atoms with Gasteiger partial charge in [0, 0.05) is 13.2 Å². The number of furan rings is 1. The minimum absolute atomic E-state index is 0.156. The van der Waals surface area contributed by atoms with Gasteiger partial charge in [-0.25, -0.2) is 0 Å². The molecule has 0 saturated heterocycles. The average Bonchev–Trinajstić information content (AvgIpc) is 2.71. The van der Waals surface area contributed by atoms with Gasteiger partial charge in [-0.2, -0.15) is 0 Å². The van der Waals surface area contributed by atoms with Crippen molar-refractivity contribution in [2.24, 2.45) is 5.73 Å². The maximum atomic E-state index is 5.86. The van der Waals surface area contributed by atoms with Crippen molar-refractivity contribution in [3.63, 3.8) is 0 Å². The Morgan fingerprint density at radius 2 is 2.18 bits per heavy atom. The van der Waals surface area contributed by atoms with Crippen LogP contribution in [0, 0.1) is 6.92 Å². The largest absolute Gasteiger partial charge is 0.465 e. The van der Waals surface area contributed by atoms with Crippen molar-refractivity contribution < 1.29 is 9.15 Å². The van der Waals surface area contributed by atoms with E-state index >= 15 is 0 Å². The fourth-order valence-electron chi connectivity index (χ4n) is 1.64. The predicted molar refractivity (Wildman–Crippen MR) is 68.9 cm³/mol. The number of nitrogens with two attached hydrogens (primary N) is 1. The Morgan fingerprint density at radius 3 is 2.65 bits per heavy atom. The Kier molecular flexibility index (Phi) is 5.18. The molecule has 0 radical (unpaired) electrons. The zero-order chi connectivity index (χ0) is 12.9. The molecule has 4 nitrogen and oxygen atoms in total. The molecule has 1 unspecified atom stereocenters. The summed E-state index contributed by atoms with van der Waals surface area (Å²) < 4.78 is 11.1. The topological polar surface area (TPSA) is 51.6 Å². The lowest BCUT2D eigenvalue weighted by Crippen LogP contribution is -2.52. The lowest BCUT2D eigenvalue weighted by molar-refractivity contribution is 0.0172. The van der Waals surface area contributed by atoms with E-state index in [4.69, 9.17) is 14.9 Å².